The summed E-state index contributed by atoms with van der Waals surface area (Å²) in [5.41, 5.74) is 4.78. The number of nitrogens with zero attached hydrogens (tertiary/aromatic N) is 1. The van der Waals surface area contributed by atoms with Crippen LogP contribution in [0.4, 0.5) is 5.69 Å². The van der Waals surface area contributed by atoms with Crippen molar-refractivity contribution in [3.63, 3.8) is 0 Å². The van der Waals surface area contributed by atoms with Crippen LogP contribution in [-0.4, -0.2) is 16.1 Å². The maximum absolute atomic E-state index is 12.5. The first-order valence-corrected chi connectivity index (χ1v) is 8.27. The highest BCUT2D eigenvalue weighted by Crippen LogP contribution is 2.29. The molecule has 0 saturated carbocycles. The van der Waals surface area contributed by atoms with Gasteiger partial charge in [-0.1, -0.05) is 35.9 Å². The van der Waals surface area contributed by atoms with Crippen LogP contribution in [0.1, 0.15) is 15.9 Å². The summed E-state index contributed by atoms with van der Waals surface area (Å²) in [6, 6.07) is 20.6. The summed E-state index contributed by atoms with van der Waals surface area (Å²) < 4.78 is 5.39. The van der Waals surface area contributed by atoms with Crippen LogP contribution in [0.2, 0.25) is 0 Å². The van der Waals surface area contributed by atoms with Crippen LogP contribution in [0.3, 0.4) is 0 Å². The molecule has 0 radical (unpaired) electrons. The largest absolute Gasteiger partial charge is 0.463 e. The minimum absolute atomic E-state index is 0.153. The third kappa shape index (κ3) is 3.15. The summed E-state index contributed by atoms with van der Waals surface area (Å²) in [4.78, 5) is 12.5. The maximum atomic E-state index is 12.5. The van der Waals surface area contributed by atoms with Gasteiger partial charge in [-0.2, -0.15) is 5.10 Å². The van der Waals surface area contributed by atoms with Crippen molar-refractivity contribution in [1.82, 2.24) is 10.2 Å². The lowest BCUT2D eigenvalue weighted by molar-refractivity contribution is 0.102. The van der Waals surface area contributed by atoms with Gasteiger partial charge in [0.1, 0.15) is 5.69 Å². The molecule has 4 rings (SSSR count). The third-order valence-corrected chi connectivity index (χ3v) is 4.13. The van der Waals surface area contributed by atoms with E-state index >= 15 is 0 Å². The molecule has 0 aliphatic rings. The van der Waals surface area contributed by atoms with Gasteiger partial charge in [0.25, 0.3) is 5.91 Å². The van der Waals surface area contributed by atoms with Crippen molar-refractivity contribution in [3.8, 4) is 22.7 Å². The maximum Gasteiger partial charge on any atom is 0.255 e. The fourth-order valence-electron chi connectivity index (χ4n) is 2.73. The van der Waals surface area contributed by atoms with Crippen molar-refractivity contribution in [1.29, 1.82) is 0 Å². The van der Waals surface area contributed by atoms with Gasteiger partial charge >= 0.3 is 0 Å². The second kappa shape index (κ2) is 6.72. The summed E-state index contributed by atoms with van der Waals surface area (Å²) in [6.45, 7) is 1.99. The lowest BCUT2D eigenvalue weighted by atomic mass is 10.1. The van der Waals surface area contributed by atoms with Crippen LogP contribution in [0.5, 0.6) is 0 Å². The Balaban J connectivity index is 1.63. The second-order valence-electron chi connectivity index (χ2n) is 6.01. The smallest absolute Gasteiger partial charge is 0.255 e. The molecule has 0 aliphatic carbocycles. The number of aromatic amines is 1. The summed E-state index contributed by atoms with van der Waals surface area (Å²) in [6.07, 6.45) is 1.62. The first-order chi connectivity index (χ1) is 12.7. The molecule has 0 fully saturated rings. The molecular formula is C21H17N3O2. The standard InChI is InChI=1S/C21H17N3O2/c1-14-8-10-15(11-9-14)21(25)22-17-6-3-2-5-16(17)18-13-19(24-23-18)20-7-4-12-26-20/h2-13H,1H3,(H,22,25)(H,23,24). The van der Waals surface area contributed by atoms with Gasteiger partial charge in [0.15, 0.2) is 5.76 Å². The number of nitrogens with one attached hydrogen (secondary N) is 2. The van der Waals surface area contributed by atoms with Gasteiger partial charge in [0, 0.05) is 11.1 Å². The van der Waals surface area contributed by atoms with Crippen LogP contribution in [-0.2, 0) is 0 Å². The minimum atomic E-state index is -0.153. The normalized spacial score (nSPS) is 10.7. The fraction of sp³-hybridized carbons (Fsp3) is 0.0476. The number of hydrogen-bond acceptors (Lipinski definition) is 3. The highest BCUT2D eigenvalue weighted by Gasteiger charge is 2.13. The van der Waals surface area contributed by atoms with Gasteiger partial charge in [0.05, 0.1) is 17.6 Å². The zero-order chi connectivity index (χ0) is 17.9. The van der Waals surface area contributed by atoms with E-state index in [1.165, 1.54) is 0 Å². The van der Waals surface area contributed by atoms with Crippen LogP contribution >= 0.6 is 0 Å². The zero-order valence-electron chi connectivity index (χ0n) is 14.2. The average Bonchev–Trinajstić information content (AvgIpc) is 3.34. The van der Waals surface area contributed by atoms with Crippen LogP contribution in [0.25, 0.3) is 22.7 Å². The Labute approximate surface area is 150 Å². The predicted molar refractivity (Wildman–Crippen MR) is 101 cm³/mol. The lowest BCUT2D eigenvalue weighted by Crippen LogP contribution is -2.12. The molecule has 4 aromatic rings. The van der Waals surface area contributed by atoms with Gasteiger partial charge in [-0.05, 0) is 43.3 Å². The second-order valence-corrected chi connectivity index (χ2v) is 6.01. The number of carbonyl (C=O) groups excluding carboxylic acids is 1. The molecule has 2 aromatic carbocycles. The molecule has 2 heterocycles. The SMILES string of the molecule is Cc1ccc(C(=O)Nc2ccccc2-c2cc(-c3ccco3)[nH]n2)cc1. The molecule has 2 aromatic heterocycles. The van der Waals surface area contributed by atoms with E-state index in [0.717, 1.165) is 22.5 Å². The van der Waals surface area contributed by atoms with E-state index < -0.39 is 0 Å². The zero-order valence-corrected chi connectivity index (χ0v) is 14.2. The molecule has 0 unspecified atom stereocenters. The van der Waals surface area contributed by atoms with Gasteiger partial charge in [-0.25, -0.2) is 0 Å². The van der Waals surface area contributed by atoms with Crippen molar-refractivity contribution in [2.75, 3.05) is 5.32 Å². The molecular weight excluding hydrogens is 326 g/mol. The Morgan fingerprint density at radius 1 is 1.04 bits per heavy atom. The van der Waals surface area contributed by atoms with E-state index in [4.69, 9.17) is 4.42 Å². The average molecular weight is 343 g/mol. The van der Waals surface area contributed by atoms with Crippen molar-refractivity contribution in [2.24, 2.45) is 0 Å². The number of aryl methyl sites for hydroxylation is 1. The van der Waals surface area contributed by atoms with Crippen molar-refractivity contribution in [2.45, 2.75) is 6.92 Å². The molecule has 2 N–H and O–H groups in total. The number of anilines is 1. The van der Waals surface area contributed by atoms with Crippen LogP contribution in [0.15, 0.2) is 77.4 Å². The molecule has 128 valence electrons. The molecule has 5 nitrogen and oxygen atoms in total. The Bertz CT molecular complexity index is 1030. The number of hydrogen-bond donors (Lipinski definition) is 2. The Morgan fingerprint density at radius 2 is 1.85 bits per heavy atom. The molecule has 26 heavy (non-hydrogen) atoms. The Kier molecular flexibility index (Phi) is 4.11. The number of benzene rings is 2. The highest BCUT2D eigenvalue weighted by atomic mass is 16.3. The summed E-state index contributed by atoms with van der Waals surface area (Å²) >= 11 is 0. The fourth-order valence-corrected chi connectivity index (χ4v) is 2.73. The van der Waals surface area contributed by atoms with E-state index in [2.05, 4.69) is 15.5 Å². The van der Waals surface area contributed by atoms with Gasteiger partial charge in [0.2, 0.25) is 0 Å². The van der Waals surface area contributed by atoms with Gasteiger partial charge in [-0.15, -0.1) is 0 Å². The molecule has 0 saturated heterocycles. The monoisotopic (exact) mass is 343 g/mol. The van der Waals surface area contributed by atoms with E-state index in [1.54, 1.807) is 6.26 Å². The van der Waals surface area contributed by atoms with Crippen molar-refractivity contribution >= 4 is 11.6 Å². The minimum Gasteiger partial charge on any atom is -0.463 e. The molecule has 0 spiro atoms. The quantitative estimate of drug-likeness (QED) is 0.554. The van der Waals surface area contributed by atoms with E-state index in [9.17, 15) is 4.79 Å². The molecule has 0 aliphatic heterocycles. The molecule has 5 heteroatoms. The number of H-pyrrole nitrogens is 1. The number of rotatable bonds is 4. The third-order valence-electron chi connectivity index (χ3n) is 4.13. The molecule has 0 atom stereocenters. The number of amides is 1. The van der Waals surface area contributed by atoms with Crippen LogP contribution in [0, 0.1) is 6.92 Å². The topological polar surface area (TPSA) is 70.9 Å². The van der Waals surface area contributed by atoms with E-state index in [-0.39, 0.29) is 5.91 Å². The summed E-state index contributed by atoms with van der Waals surface area (Å²) in [5, 5.41) is 10.3. The number of furan rings is 1. The summed E-state index contributed by atoms with van der Waals surface area (Å²) in [7, 11) is 0. The Morgan fingerprint density at radius 3 is 2.62 bits per heavy atom. The van der Waals surface area contributed by atoms with Crippen LogP contribution < -0.4 is 5.32 Å². The number of carbonyl (C=O) groups is 1. The van der Waals surface area contributed by atoms with E-state index in [0.29, 0.717) is 17.0 Å². The van der Waals surface area contributed by atoms with Crippen molar-refractivity contribution < 1.29 is 9.21 Å². The first kappa shape index (κ1) is 15.9. The first-order valence-electron chi connectivity index (χ1n) is 8.27. The highest BCUT2D eigenvalue weighted by molar-refractivity contribution is 6.06. The van der Waals surface area contributed by atoms with Crippen molar-refractivity contribution in [3.05, 3.63) is 84.1 Å². The predicted octanol–water partition coefficient (Wildman–Crippen LogP) is 4.90. The Hall–Kier alpha value is -3.60. The van der Waals surface area contributed by atoms with E-state index in [1.807, 2.05) is 73.7 Å². The number of aromatic nitrogens is 2. The van der Waals surface area contributed by atoms with Gasteiger partial charge < -0.3 is 9.73 Å². The lowest BCUT2D eigenvalue weighted by Gasteiger charge is -2.09. The molecule has 0 bridgehead atoms. The summed E-state index contributed by atoms with van der Waals surface area (Å²) in [5.74, 6) is 0.559. The number of para-hydroxylation sites is 1. The van der Waals surface area contributed by atoms with Gasteiger partial charge in [-0.3, -0.25) is 9.89 Å². The molecule has 1 amide bonds.